The second-order valence-electron chi connectivity index (χ2n) is 15.6. The molecule has 0 saturated carbocycles. The number of hydrogen-bond acceptors (Lipinski definition) is 5. The standard InChI is InChI=1S/C55H32N4O/c1-2-15-34(16-3-1)52-57-53(59-54(58-52)41-22-14-28-47-48(41)40-21-8-13-27-46(40)60-47)35-31-29-33(30-32-35)51-49-38-19-6-11-25-44(38)55(50(49)39-20-7-12-26-45(39)56-51)42-23-9-4-17-36(42)37-18-5-10-24-43(37)55/h1-32H. The van der Waals surface area contributed by atoms with Gasteiger partial charge in [0, 0.05) is 44.0 Å². The van der Waals surface area contributed by atoms with Crippen molar-refractivity contribution in [1.82, 2.24) is 19.9 Å². The van der Waals surface area contributed by atoms with Crippen molar-refractivity contribution < 1.29 is 4.42 Å². The molecule has 0 bridgehead atoms. The van der Waals surface area contributed by atoms with Crippen molar-refractivity contribution in [2.75, 3.05) is 0 Å². The lowest BCUT2D eigenvalue weighted by atomic mass is 9.69. The summed E-state index contributed by atoms with van der Waals surface area (Å²) in [6.45, 7) is 0. The first-order valence-corrected chi connectivity index (χ1v) is 20.3. The largest absolute Gasteiger partial charge is 0.456 e. The Morgan fingerprint density at radius 1 is 0.350 bits per heavy atom. The van der Waals surface area contributed by atoms with Gasteiger partial charge in [-0.05, 0) is 57.1 Å². The zero-order valence-corrected chi connectivity index (χ0v) is 32.2. The van der Waals surface area contributed by atoms with Gasteiger partial charge >= 0.3 is 0 Å². The van der Waals surface area contributed by atoms with E-state index in [1.54, 1.807) is 0 Å². The Morgan fingerprint density at radius 2 is 0.867 bits per heavy atom. The number of furan rings is 1. The van der Waals surface area contributed by atoms with Gasteiger partial charge in [0.15, 0.2) is 17.5 Å². The van der Waals surface area contributed by atoms with E-state index in [1.807, 2.05) is 60.7 Å². The van der Waals surface area contributed by atoms with Crippen LogP contribution in [0.25, 0.3) is 101 Å². The highest BCUT2D eigenvalue weighted by molar-refractivity contribution is 6.12. The summed E-state index contributed by atoms with van der Waals surface area (Å²) in [6.07, 6.45) is 0. The second-order valence-corrected chi connectivity index (χ2v) is 15.6. The molecule has 8 aromatic carbocycles. The van der Waals surface area contributed by atoms with Crippen molar-refractivity contribution >= 4 is 32.8 Å². The van der Waals surface area contributed by atoms with Crippen LogP contribution in [0.2, 0.25) is 0 Å². The highest BCUT2D eigenvalue weighted by Gasteiger charge is 2.53. The van der Waals surface area contributed by atoms with Gasteiger partial charge < -0.3 is 4.42 Å². The summed E-state index contributed by atoms with van der Waals surface area (Å²) >= 11 is 0. The molecule has 0 amide bonds. The van der Waals surface area contributed by atoms with Crippen LogP contribution < -0.4 is 0 Å². The minimum atomic E-state index is -0.491. The molecule has 0 fully saturated rings. The average molecular weight is 765 g/mol. The molecule has 60 heavy (non-hydrogen) atoms. The van der Waals surface area contributed by atoms with Crippen LogP contribution in [-0.4, -0.2) is 19.9 Å². The molecule has 3 aromatic heterocycles. The zero-order chi connectivity index (χ0) is 39.4. The fourth-order valence-corrected chi connectivity index (χ4v) is 10.1. The van der Waals surface area contributed by atoms with Crippen molar-refractivity contribution in [3.05, 3.63) is 216 Å². The smallest absolute Gasteiger partial charge is 0.164 e. The molecule has 11 aromatic rings. The van der Waals surface area contributed by atoms with E-state index in [1.165, 1.54) is 49.9 Å². The van der Waals surface area contributed by atoms with Crippen LogP contribution in [0.1, 0.15) is 22.3 Å². The predicted molar refractivity (Wildman–Crippen MR) is 240 cm³/mol. The van der Waals surface area contributed by atoms with Crippen molar-refractivity contribution in [3.8, 4) is 67.7 Å². The van der Waals surface area contributed by atoms with Gasteiger partial charge in [-0.25, -0.2) is 19.9 Å². The minimum absolute atomic E-state index is 0.491. The topological polar surface area (TPSA) is 64.7 Å². The van der Waals surface area contributed by atoms with Gasteiger partial charge in [0.2, 0.25) is 0 Å². The summed E-state index contributed by atoms with van der Waals surface area (Å²) in [5, 5.41) is 3.18. The first kappa shape index (κ1) is 33.0. The number of fused-ring (bicyclic) bond motifs is 15. The second kappa shape index (κ2) is 12.5. The quantitative estimate of drug-likeness (QED) is 0.179. The first-order chi connectivity index (χ1) is 29.8. The number of nitrogens with zero attached hydrogens (tertiary/aromatic N) is 4. The third-order valence-corrected chi connectivity index (χ3v) is 12.5. The number of pyridine rings is 1. The normalized spacial score (nSPS) is 13.1. The van der Waals surface area contributed by atoms with Crippen molar-refractivity contribution in [1.29, 1.82) is 0 Å². The Morgan fingerprint density at radius 3 is 1.60 bits per heavy atom. The molecule has 0 N–H and O–H groups in total. The Balaban J connectivity index is 1.02. The SMILES string of the molecule is c1ccc(-c2nc(-c3ccc(-c4nc5ccccc5c5c4-c4ccccc4C54c5ccccc5-c5ccccc54)cc3)nc(-c3cccc4oc5ccccc5c34)n2)cc1. The molecule has 13 rings (SSSR count). The molecule has 5 heteroatoms. The molecule has 3 heterocycles. The van der Waals surface area contributed by atoms with E-state index in [0.717, 1.165) is 55.4 Å². The number of hydrogen-bond donors (Lipinski definition) is 0. The highest BCUT2D eigenvalue weighted by atomic mass is 16.3. The molecule has 0 radical (unpaired) electrons. The summed E-state index contributed by atoms with van der Waals surface area (Å²) in [5.41, 5.74) is 17.0. The lowest BCUT2D eigenvalue weighted by molar-refractivity contribution is 0.669. The highest BCUT2D eigenvalue weighted by Crippen LogP contribution is 2.65. The number of rotatable bonds is 4. The molecule has 0 unspecified atom stereocenters. The van der Waals surface area contributed by atoms with Gasteiger partial charge in [-0.2, -0.15) is 0 Å². The van der Waals surface area contributed by atoms with Crippen LogP contribution in [0.5, 0.6) is 0 Å². The van der Waals surface area contributed by atoms with E-state index in [9.17, 15) is 0 Å². The molecule has 0 aliphatic heterocycles. The average Bonchev–Trinajstić information content (AvgIpc) is 3.96. The predicted octanol–water partition coefficient (Wildman–Crippen LogP) is 13.3. The maximum absolute atomic E-state index is 6.27. The minimum Gasteiger partial charge on any atom is -0.456 e. The lowest BCUT2D eigenvalue weighted by Gasteiger charge is -2.31. The maximum Gasteiger partial charge on any atom is 0.164 e. The number of benzene rings is 8. The molecule has 0 saturated heterocycles. The zero-order valence-electron chi connectivity index (χ0n) is 32.2. The van der Waals surface area contributed by atoms with Crippen LogP contribution in [-0.2, 0) is 5.41 Å². The summed E-state index contributed by atoms with van der Waals surface area (Å²) in [4.78, 5) is 20.8. The fourth-order valence-electron chi connectivity index (χ4n) is 10.1. The molecule has 2 aliphatic rings. The Hall–Kier alpha value is -8.02. The van der Waals surface area contributed by atoms with Gasteiger partial charge in [-0.15, -0.1) is 0 Å². The molecule has 0 atom stereocenters. The van der Waals surface area contributed by atoms with E-state index in [4.69, 9.17) is 24.4 Å². The third-order valence-electron chi connectivity index (χ3n) is 12.5. The van der Waals surface area contributed by atoms with E-state index < -0.39 is 5.41 Å². The van der Waals surface area contributed by atoms with Crippen LogP contribution in [0.3, 0.4) is 0 Å². The maximum atomic E-state index is 6.27. The monoisotopic (exact) mass is 764 g/mol. The van der Waals surface area contributed by atoms with Gasteiger partial charge in [0.05, 0.1) is 16.6 Å². The Labute approximate surface area is 345 Å². The molecule has 278 valence electrons. The third kappa shape index (κ3) is 4.51. The summed E-state index contributed by atoms with van der Waals surface area (Å²) in [5.74, 6) is 1.79. The van der Waals surface area contributed by atoms with Crippen LogP contribution in [0.4, 0.5) is 0 Å². The Bertz CT molecular complexity index is 3510. The molecular formula is C55H32N4O. The fraction of sp³-hybridized carbons (Fsp3) is 0.0182. The van der Waals surface area contributed by atoms with E-state index in [-0.39, 0.29) is 0 Å². The molecule has 2 aliphatic carbocycles. The van der Waals surface area contributed by atoms with Crippen LogP contribution in [0, 0.1) is 0 Å². The molecule has 1 spiro atoms. The molecule has 5 nitrogen and oxygen atoms in total. The van der Waals surface area contributed by atoms with Crippen molar-refractivity contribution in [2.24, 2.45) is 0 Å². The summed E-state index contributed by atoms with van der Waals surface area (Å²) in [7, 11) is 0. The number of para-hydroxylation sites is 2. The van der Waals surface area contributed by atoms with Gasteiger partial charge in [0.1, 0.15) is 11.2 Å². The van der Waals surface area contributed by atoms with Crippen LogP contribution in [0.15, 0.2) is 199 Å². The Kier molecular flexibility index (Phi) is 6.87. The van der Waals surface area contributed by atoms with E-state index in [2.05, 4.69) is 133 Å². The molecular weight excluding hydrogens is 733 g/mol. The number of aromatic nitrogens is 4. The summed E-state index contributed by atoms with van der Waals surface area (Å²) in [6, 6.07) is 68.4. The van der Waals surface area contributed by atoms with E-state index in [0.29, 0.717) is 17.5 Å². The van der Waals surface area contributed by atoms with Crippen molar-refractivity contribution in [2.45, 2.75) is 5.41 Å². The summed E-state index contributed by atoms with van der Waals surface area (Å²) < 4.78 is 6.27. The van der Waals surface area contributed by atoms with E-state index >= 15 is 0 Å². The van der Waals surface area contributed by atoms with Gasteiger partial charge in [0.25, 0.3) is 0 Å². The van der Waals surface area contributed by atoms with Crippen molar-refractivity contribution in [3.63, 3.8) is 0 Å². The first-order valence-electron chi connectivity index (χ1n) is 20.3. The lowest BCUT2D eigenvalue weighted by Crippen LogP contribution is -2.26. The van der Waals surface area contributed by atoms with Gasteiger partial charge in [-0.1, -0.05) is 176 Å². The van der Waals surface area contributed by atoms with Crippen LogP contribution >= 0.6 is 0 Å². The van der Waals surface area contributed by atoms with Gasteiger partial charge in [-0.3, -0.25) is 0 Å².